The van der Waals surface area contributed by atoms with Crippen LogP contribution in [0.5, 0.6) is 0 Å². The van der Waals surface area contributed by atoms with Gasteiger partial charge < -0.3 is 15.0 Å². The molecule has 0 aliphatic carbocycles. The van der Waals surface area contributed by atoms with E-state index in [-0.39, 0.29) is 6.04 Å². The van der Waals surface area contributed by atoms with E-state index in [4.69, 9.17) is 17.0 Å². The third kappa shape index (κ3) is 3.80. The first kappa shape index (κ1) is 15.0. The highest BCUT2D eigenvalue weighted by atomic mass is 32.1. The van der Waals surface area contributed by atoms with Crippen LogP contribution in [0.25, 0.3) is 0 Å². The predicted molar refractivity (Wildman–Crippen MR) is 82.5 cm³/mol. The summed E-state index contributed by atoms with van der Waals surface area (Å²) in [5.74, 6) is 0. The maximum absolute atomic E-state index is 5.58. The van der Waals surface area contributed by atoms with E-state index in [0.29, 0.717) is 18.7 Å². The van der Waals surface area contributed by atoms with E-state index < -0.39 is 0 Å². The number of rotatable bonds is 3. The zero-order valence-electron chi connectivity index (χ0n) is 12.4. The van der Waals surface area contributed by atoms with E-state index in [1.165, 1.54) is 25.8 Å². The number of hydrogen-bond acceptors (Lipinski definition) is 3. The highest BCUT2D eigenvalue weighted by Gasteiger charge is 2.34. The molecule has 2 fully saturated rings. The predicted octanol–water partition coefficient (Wildman–Crippen LogP) is 1.45. The molecule has 0 aromatic carbocycles. The normalized spacial score (nSPS) is 29.7. The topological polar surface area (TPSA) is 27.7 Å². The smallest absolute Gasteiger partial charge is 0.169 e. The van der Waals surface area contributed by atoms with Gasteiger partial charge in [-0.25, -0.2) is 0 Å². The molecule has 0 aromatic rings. The fraction of sp³-hybridized carbons (Fsp3) is 0.929. The van der Waals surface area contributed by atoms with Crippen molar-refractivity contribution < 1.29 is 4.74 Å². The summed E-state index contributed by atoms with van der Waals surface area (Å²) < 4.78 is 5.16. The molecule has 110 valence electrons. The molecule has 0 spiro atoms. The summed E-state index contributed by atoms with van der Waals surface area (Å²) in [7, 11) is 1.73. The van der Waals surface area contributed by atoms with Gasteiger partial charge in [-0.1, -0.05) is 6.42 Å². The third-order valence-electron chi connectivity index (χ3n) is 4.23. The Hall–Kier alpha value is -0.390. The Kier molecular flexibility index (Phi) is 5.42. The van der Waals surface area contributed by atoms with Gasteiger partial charge in [0.05, 0.1) is 6.61 Å². The molecular formula is C14H27N3OS. The second-order valence-corrected chi connectivity index (χ2v) is 6.34. The quantitative estimate of drug-likeness (QED) is 0.793. The van der Waals surface area contributed by atoms with E-state index in [0.717, 1.165) is 18.2 Å². The molecule has 1 N–H and O–H groups in total. The van der Waals surface area contributed by atoms with Gasteiger partial charge in [0, 0.05) is 38.3 Å². The lowest BCUT2D eigenvalue weighted by Gasteiger charge is -2.48. The summed E-state index contributed by atoms with van der Waals surface area (Å²) in [5.41, 5.74) is 0. The third-order valence-corrected chi connectivity index (χ3v) is 4.59. The standard InChI is InChI=1S/C14H27N3OS/c1-11(10-18-3)15-14(19)17-9-13-6-4-5-7-16(13)8-12(17)2/h11-13H,4-10H2,1-3H3,(H,15,19). The molecule has 2 aliphatic heterocycles. The van der Waals surface area contributed by atoms with Gasteiger partial charge in [-0.15, -0.1) is 0 Å². The number of ether oxygens (including phenoxy) is 1. The van der Waals surface area contributed by atoms with Gasteiger partial charge in [-0.05, 0) is 45.5 Å². The molecule has 2 rings (SSSR count). The van der Waals surface area contributed by atoms with Crippen molar-refractivity contribution in [3.63, 3.8) is 0 Å². The van der Waals surface area contributed by atoms with Crippen LogP contribution in [-0.2, 0) is 4.74 Å². The number of nitrogens with one attached hydrogen (secondary N) is 1. The van der Waals surface area contributed by atoms with Gasteiger partial charge in [0.2, 0.25) is 0 Å². The molecule has 3 atom stereocenters. The zero-order chi connectivity index (χ0) is 13.8. The van der Waals surface area contributed by atoms with Gasteiger partial charge in [-0.2, -0.15) is 0 Å². The monoisotopic (exact) mass is 285 g/mol. The molecule has 2 saturated heterocycles. The van der Waals surface area contributed by atoms with Crippen molar-refractivity contribution in [3.05, 3.63) is 0 Å². The van der Waals surface area contributed by atoms with E-state index >= 15 is 0 Å². The first-order chi connectivity index (χ1) is 9.11. The molecule has 0 aromatic heterocycles. The molecule has 5 heteroatoms. The molecule has 4 nitrogen and oxygen atoms in total. The number of piperazine rings is 1. The summed E-state index contributed by atoms with van der Waals surface area (Å²) in [5, 5.41) is 4.28. The highest BCUT2D eigenvalue weighted by Crippen LogP contribution is 2.24. The number of nitrogens with zero attached hydrogens (tertiary/aromatic N) is 2. The Morgan fingerprint density at radius 3 is 2.95 bits per heavy atom. The molecule has 0 amide bonds. The van der Waals surface area contributed by atoms with Crippen LogP contribution in [0.15, 0.2) is 0 Å². The molecule has 2 aliphatic rings. The average Bonchev–Trinajstić information content (AvgIpc) is 2.38. The summed E-state index contributed by atoms with van der Waals surface area (Å²) in [4.78, 5) is 5.01. The Labute approximate surface area is 122 Å². The highest BCUT2D eigenvalue weighted by molar-refractivity contribution is 7.80. The zero-order valence-corrected chi connectivity index (χ0v) is 13.2. The summed E-state index contributed by atoms with van der Waals surface area (Å²) in [6.45, 7) is 8.57. The minimum Gasteiger partial charge on any atom is -0.383 e. The van der Waals surface area contributed by atoms with Gasteiger partial charge in [0.1, 0.15) is 0 Å². The lowest BCUT2D eigenvalue weighted by Crippen LogP contribution is -2.62. The molecule has 3 unspecified atom stereocenters. The van der Waals surface area contributed by atoms with Crippen LogP contribution >= 0.6 is 12.2 Å². The van der Waals surface area contributed by atoms with E-state index in [2.05, 4.69) is 29.0 Å². The summed E-state index contributed by atoms with van der Waals surface area (Å²) in [6, 6.07) is 1.47. The minimum atomic E-state index is 0.272. The van der Waals surface area contributed by atoms with Crippen LogP contribution in [0.3, 0.4) is 0 Å². The Bertz CT molecular complexity index is 313. The van der Waals surface area contributed by atoms with Crippen LogP contribution < -0.4 is 5.32 Å². The van der Waals surface area contributed by atoms with Crippen molar-refractivity contribution >= 4 is 17.3 Å². The number of fused-ring (bicyclic) bond motifs is 1. The fourth-order valence-corrected chi connectivity index (χ4v) is 3.68. The maximum Gasteiger partial charge on any atom is 0.169 e. The van der Waals surface area contributed by atoms with Crippen molar-refractivity contribution in [2.75, 3.05) is 33.4 Å². The summed E-state index contributed by atoms with van der Waals surface area (Å²) in [6.07, 6.45) is 4.04. The molecular weight excluding hydrogens is 258 g/mol. The van der Waals surface area contributed by atoms with E-state index in [1.807, 2.05) is 0 Å². The van der Waals surface area contributed by atoms with Crippen LogP contribution in [0, 0.1) is 0 Å². The SMILES string of the molecule is COCC(C)NC(=S)N1CC2CCCCN2CC1C. The lowest BCUT2D eigenvalue weighted by atomic mass is 9.97. The largest absolute Gasteiger partial charge is 0.383 e. The van der Waals surface area contributed by atoms with Crippen LogP contribution in [-0.4, -0.2) is 66.4 Å². The van der Waals surface area contributed by atoms with Crippen molar-refractivity contribution in [3.8, 4) is 0 Å². The Morgan fingerprint density at radius 2 is 2.21 bits per heavy atom. The van der Waals surface area contributed by atoms with E-state index in [1.54, 1.807) is 7.11 Å². The number of piperidine rings is 1. The van der Waals surface area contributed by atoms with Crippen molar-refractivity contribution in [1.29, 1.82) is 0 Å². The van der Waals surface area contributed by atoms with Crippen molar-refractivity contribution in [2.45, 2.75) is 51.2 Å². The maximum atomic E-state index is 5.58. The van der Waals surface area contributed by atoms with Crippen molar-refractivity contribution in [2.24, 2.45) is 0 Å². The van der Waals surface area contributed by atoms with Gasteiger partial charge in [-0.3, -0.25) is 4.90 Å². The Balaban J connectivity index is 1.90. The fourth-order valence-electron chi connectivity index (χ4n) is 3.22. The second kappa shape index (κ2) is 6.86. The average molecular weight is 285 g/mol. The molecule has 0 saturated carbocycles. The second-order valence-electron chi connectivity index (χ2n) is 5.95. The molecule has 0 bridgehead atoms. The number of thiocarbonyl (C=S) groups is 1. The van der Waals surface area contributed by atoms with Crippen molar-refractivity contribution in [1.82, 2.24) is 15.1 Å². The molecule has 19 heavy (non-hydrogen) atoms. The molecule has 0 radical (unpaired) electrons. The van der Waals surface area contributed by atoms with Crippen LogP contribution in [0.1, 0.15) is 33.1 Å². The van der Waals surface area contributed by atoms with Crippen LogP contribution in [0.4, 0.5) is 0 Å². The minimum absolute atomic E-state index is 0.272. The lowest BCUT2D eigenvalue weighted by molar-refractivity contribution is 0.0492. The molecule has 2 heterocycles. The van der Waals surface area contributed by atoms with Gasteiger partial charge >= 0.3 is 0 Å². The Morgan fingerprint density at radius 1 is 1.42 bits per heavy atom. The first-order valence-corrected chi connectivity index (χ1v) is 7.82. The van der Waals surface area contributed by atoms with E-state index in [9.17, 15) is 0 Å². The summed E-state index contributed by atoms with van der Waals surface area (Å²) >= 11 is 5.58. The van der Waals surface area contributed by atoms with Crippen LogP contribution in [0.2, 0.25) is 0 Å². The number of methoxy groups -OCH3 is 1. The van der Waals surface area contributed by atoms with Gasteiger partial charge in [0.15, 0.2) is 5.11 Å². The van der Waals surface area contributed by atoms with Gasteiger partial charge in [0.25, 0.3) is 0 Å². The number of hydrogen-bond donors (Lipinski definition) is 1. The first-order valence-electron chi connectivity index (χ1n) is 7.42.